The van der Waals surface area contributed by atoms with Crippen molar-refractivity contribution in [2.45, 2.75) is 12.7 Å². The minimum absolute atomic E-state index is 0.503. The molecule has 21 heavy (non-hydrogen) atoms. The second kappa shape index (κ2) is 5.41. The van der Waals surface area contributed by atoms with Gasteiger partial charge in [-0.25, -0.2) is 0 Å². The van der Waals surface area contributed by atoms with Crippen molar-refractivity contribution in [2.75, 3.05) is 13.2 Å². The lowest BCUT2D eigenvalue weighted by atomic mass is 9.99. The summed E-state index contributed by atoms with van der Waals surface area (Å²) in [6.45, 7) is 1.88. The van der Waals surface area contributed by atoms with E-state index in [1.54, 1.807) is 12.1 Å². The van der Waals surface area contributed by atoms with Gasteiger partial charge in [0.05, 0.1) is 5.56 Å². The number of halogens is 3. The Morgan fingerprint density at radius 3 is 2.67 bits per heavy atom. The first-order valence-corrected chi connectivity index (χ1v) is 6.69. The van der Waals surface area contributed by atoms with Gasteiger partial charge in [0.15, 0.2) is 0 Å². The highest BCUT2D eigenvalue weighted by Gasteiger charge is 2.30. The summed E-state index contributed by atoms with van der Waals surface area (Å²) in [6, 6.07) is 10.9. The number of rotatable bonds is 1. The van der Waals surface area contributed by atoms with Crippen LogP contribution in [-0.4, -0.2) is 13.2 Å². The maximum absolute atomic E-state index is 12.8. The van der Waals surface area contributed by atoms with Crippen LogP contribution in [0, 0.1) is 0 Å². The van der Waals surface area contributed by atoms with Crippen molar-refractivity contribution in [1.29, 1.82) is 0 Å². The van der Waals surface area contributed by atoms with E-state index in [9.17, 15) is 13.2 Å². The van der Waals surface area contributed by atoms with Gasteiger partial charge in [0, 0.05) is 24.2 Å². The van der Waals surface area contributed by atoms with Crippen LogP contribution in [0.25, 0.3) is 11.1 Å². The molecule has 2 aromatic rings. The van der Waals surface area contributed by atoms with Gasteiger partial charge in [0.25, 0.3) is 0 Å². The summed E-state index contributed by atoms with van der Waals surface area (Å²) in [6.07, 6.45) is -4.34. The van der Waals surface area contributed by atoms with E-state index in [1.807, 2.05) is 12.1 Å². The molecule has 0 saturated heterocycles. The zero-order valence-electron chi connectivity index (χ0n) is 11.2. The van der Waals surface area contributed by atoms with Crippen molar-refractivity contribution in [2.24, 2.45) is 0 Å². The summed E-state index contributed by atoms with van der Waals surface area (Å²) in [5.74, 6) is 0.668. The van der Waals surface area contributed by atoms with Crippen LogP contribution in [0.3, 0.4) is 0 Å². The van der Waals surface area contributed by atoms with Gasteiger partial charge < -0.3 is 10.1 Å². The van der Waals surface area contributed by atoms with Crippen molar-refractivity contribution in [3.05, 3.63) is 53.6 Å². The molecule has 1 aliphatic rings. The first kappa shape index (κ1) is 13.9. The molecule has 2 nitrogen and oxygen atoms in total. The number of ether oxygens (including phenoxy) is 1. The molecule has 0 spiro atoms. The highest BCUT2D eigenvalue weighted by molar-refractivity contribution is 5.73. The molecule has 0 aliphatic carbocycles. The number of fused-ring (bicyclic) bond motifs is 1. The van der Waals surface area contributed by atoms with Gasteiger partial charge in [-0.05, 0) is 17.7 Å². The normalized spacial score (nSPS) is 15.0. The number of hydrogen-bond donors (Lipinski definition) is 1. The van der Waals surface area contributed by atoms with Crippen LogP contribution in [0.15, 0.2) is 42.5 Å². The van der Waals surface area contributed by atoms with Gasteiger partial charge in [-0.15, -0.1) is 0 Å². The first-order valence-electron chi connectivity index (χ1n) is 6.69. The lowest BCUT2D eigenvalue weighted by molar-refractivity contribution is -0.137. The van der Waals surface area contributed by atoms with E-state index < -0.39 is 11.7 Å². The fraction of sp³-hybridized carbons (Fsp3) is 0.250. The van der Waals surface area contributed by atoms with E-state index in [1.165, 1.54) is 6.07 Å². The highest BCUT2D eigenvalue weighted by Crippen LogP contribution is 2.37. The van der Waals surface area contributed by atoms with Crippen LogP contribution >= 0.6 is 0 Å². The fourth-order valence-electron chi connectivity index (χ4n) is 2.43. The van der Waals surface area contributed by atoms with Crippen molar-refractivity contribution < 1.29 is 17.9 Å². The Kier molecular flexibility index (Phi) is 3.59. The maximum atomic E-state index is 12.8. The monoisotopic (exact) mass is 293 g/mol. The molecule has 0 radical (unpaired) electrons. The molecule has 0 saturated carbocycles. The molecule has 0 fully saturated rings. The van der Waals surface area contributed by atoms with E-state index in [-0.39, 0.29) is 0 Å². The highest BCUT2D eigenvalue weighted by atomic mass is 19.4. The summed E-state index contributed by atoms with van der Waals surface area (Å²) in [7, 11) is 0. The molecule has 2 aromatic carbocycles. The molecule has 5 heteroatoms. The van der Waals surface area contributed by atoms with Gasteiger partial charge in [0.1, 0.15) is 12.4 Å². The SMILES string of the molecule is FC(F)(F)c1cccc(-c2cccc3c2OCCNC3)c1. The minimum Gasteiger partial charge on any atom is -0.491 e. The largest absolute Gasteiger partial charge is 0.491 e. The zero-order chi connectivity index (χ0) is 14.9. The van der Waals surface area contributed by atoms with Crippen molar-refractivity contribution in [1.82, 2.24) is 5.32 Å². The van der Waals surface area contributed by atoms with Crippen molar-refractivity contribution in [3.8, 4) is 16.9 Å². The number of alkyl halides is 3. The molecule has 0 atom stereocenters. The molecular weight excluding hydrogens is 279 g/mol. The topological polar surface area (TPSA) is 21.3 Å². The van der Waals surface area contributed by atoms with Crippen LogP contribution in [0.4, 0.5) is 13.2 Å². The number of benzene rings is 2. The lowest BCUT2D eigenvalue weighted by Crippen LogP contribution is -2.16. The average Bonchev–Trinajstić information content (AvgIpc) is 2.71. The Balaban J connectivity index is 2.09. The second-order valence-corrected chi connectivity index (χ2v) is 4.90. The Morgan fingerprint density at radius 1 is 1.05 bits per heavy atom. The molecule has 0 amide bonds. The van der Waals surface area contributed by atoms with Gasteiger partial charge >= 0.3 is 6.18 Å². The predicted octanol–water partition coefficient (Wildman–Crippen LogP) is 3.85. The molecule has 1 aliphatic heterocycles. The van der Waals surface area contributed by atoms with E-state index >= 15 is 0 Å². The van der Waals surface area contributed by atoms with E-state index in [4.69, 9.17) is 4.74 Å². The maximum Gasteiger partial charge on any atom is 0.416 e. The number of hydrogen-bond acceptors (Lipinski definition) is 2. The lowest BCUT2D eigenvalue weighted by Gasteiger charge is -2.14. The Morgan fingerprint density at radius 2 is 1.86 bits per heavy atom. The summed E-state index contributed by atoms with van der Waals surface area (Å²) in [5, 5.41) is 3.21. The minimum atomic E-state index is -4.34. The summed E-state index contributed by atoms with van der Waals surface area (Å²) in [5.41, 5.74) is 1.53. The third kappa shape index (κ3) is 2.88. The molecule has 0 bridgehead atoms. The summed E-state index contributed by atoms with van der Waals surface area (Å²) in [4.78, 5) is 0. The fourth-order valence-corrected chi connectivity index (χ4v) is 2.43. The average molecular weight is 293 g/mol. The zero-order valence-corrected chi connectivity index (χ0v) is 11.2. The van der Waals surface area contributed by atoms with Gasteiger partial charge in [0.2, 0.25) is 0 Å². The third-order valence-electron chi connectivity index (χ3n) is 3.44. The smallest absolute Gasteiger partial charge is 0.416 e. The van der Waals surface area contributed by atoms with Crippen LogP contribution in [0.1, 0.15) is 11.1 Å². The van der Waals surface area contributed by atoms with Gasteiger partial charge in [-0.1, -0.05) is 30.3 Å². The summed E-state index contributed by atoms with van der Waals surface area (Å²) < 4.78 is 44.3. The van der Waals surface area contributed by atoms with Crippen molar-refractivity contribution in [3.63, 3.8) is 0 Å². The van der Waals surface area contributed by atoms with Crippen LogP contribution in [0.2, 0.25) is 0 Å². The van der Waals surface area contributed by atoms with E-state index in [2.05, 4.69) is 5.32 Å². The Labute approximate surface area is 120 Å². The molecule has 1 N–H and O–H groups in total. The number of para-hydroxylation sites is 1. The molecule has 0 aromatic heterocycles. The van der Waals surface area contributed by atoms with Crippen molar-refractivity contribution >= 4 is 0 Å². The third-order valence-corrected chi connectivity index (χ3v) is 3.44. The standard InChI is InChI=1S/C16H14F3NO/c17-16(18,19)13-5-1-3-11(9-13)14-6-2-4-12-10-20-7-8-21-15(12)14/h1-6,9,20H,7-8,10H2. The van der Waals surface area contributed by atoms with Gasteiger partial charge in [-0.2, -0.15) is 13.2 Å². The Bertz CT molecular complexity index is 652. The molecule has 110 valence electrons. The first-order chi connectivity index (χ1) is 10.1. The van der Waals surface area contributed by atoms with Crippen LogP contribution < -0.4 is 10.1 Å². The molecule has 1 heterocycles. The molecule has 3 rings (SSSR count). The molecular formula is C16H14F3NO. The predicted molar refractivity (Wildman–Crippen MR) is 74.1 cm³/mol. The Hall–Kier alpha value is -2.01. The van der Waals surface area contributed by atoms with Gasteiger partial charge in [-0.3, -0.25) is 0 Å². The second-order valence-electron chi connectivity index (χ2n) is 4.90. The van der Waals surface area contributed by atoms with Crippen LogP contribution in [0.5, 0.6) is 5.75 Å². The van der Waals surface area contributed by atoms with E-state index in [0.29, 0.717) is 30.0 Å². The van der Waals surface area contributed by atoms with E-state index in [0.717, 1.165) is 24.2 Å². The summed E-state index contributed by atoms with van der Waals surface area (Å²) >= 11 is 0. The van der Waals surface area contributed by atoms with Crippen LogP contribution in [-0.2, 0) is 12.7 Å². The molecule has 0 unspecified atom stereocenters. The number of nitrogens with one attached hydrogen (secondary N) is 1. The quantitative estimate of drug-likeness (QED) is 0.862.